The molecule has 1 aliphatic rings. The molecule has 1 fully saturated rings. The molecule has 2 N–H and O–H groups in total. The van der Waals surface area contributed by atoms with Crippen LogP contribution in [0.1, 0.15) is 52.4 Å². The van der Waals surface area contributed by atoms with Gasteiger partial charge in [0.15, 0.2) is 0 Å². The van der Waals surface area contributed by atoms with Crippen molar-refractivity contribution in [1.82, 2.24) is 5.32 Å². The van der Waals surface area contributed by atoms with Gasteiger partial charge in [-0.15, -0.1) is 0 Å². The second kappa shape index (κ2) is 5.50. The summed E-state index contributed by atoms with van der Waals surface area (Å²) >= 11 is 0. The van der Waals surface area contributed by atoms with E-state index < -0.39 is 11.5 Å². The van der Waals surface area contributed by atoms with Crippen LogP contribution >= 0.6 is 0 Å². The third-order valence-electron chi connectivity index (χ3n) is 3.53. The molecule has 3 nitrogen and oxygen atoms in total. The first kappa shape index (κ1) is 12.5. The van der Waals surface area contributed by atoms with Gasteiger partial charge in [0.2, 0.25) is 0 Å². The van der Waals surface area contributed by atoms with Crippen LogP contribution in [0.25, 0.3) is 0 Å². The molecule has 0 radical (unpaired) electrons. The molecule has 0 aliphatic heterocycles. The van der Waals surface area contributed by atoms with Gasteiger partial charge in [0, 0.05) is 0 Å². The minimum absolute atomic E-state index is 0.623. The van der Waals surface area contributed by atoms with Crippen molar-refractivity contribution in [2.24, 2.45) is 5.92 Å². The van der Waals surface area contributed by atoms with Crippen molar-refractivity contribution >= 4 is 5.97 Å². The maximum atomic E-state index is 11.3. The maximum absolute atomic E-state index is 11.3. The molecule has 0 amide bonds. The average Bonchev–Trinajstić information content (AvgIpc) is 2.21. The van der Waals surface area contributed by atoms with E-state index in [1.165, 1.54) is 0 Å². The third kappa shape index (κ3) is 3.20. The van der Waals surface area contributed by atoms with Crippen molar-refractivity contribution in [3.8, 4) is 0 Å². The molecule has 0 atom stereocenters. The Morgan fingerprint density at radius 1 is 1.47 bits per heavy atom. The fraction of sp³-hybridized carbons (Fsp3) is 0.917. The van der Waals surface area contributed by atoms with E-state index in [0.29, 0.717) is 5.92 Å². The smallest absolute Gasteiger partial charge is 0.323 e. The van der Waals surface area contributed by atoms with E-state index in [9.17, 15) is 9.90 Å². The van der Waals surface area contributed by atoms with Crippen molar-refractivity contribution in [2.75, 3.05) is 6.54 Å². The molecular formula is C12H23NO2. The predicted octanol–water partition coefficient (Wildman–Crippen LogP) is 2.41. The quantitative estimate of drug-likeness (QED) is 0.689. The van der Waals surface area contributed by atoms with Gasteiger partial charge in [0.05, 0.1) is 0 Å². The fourth-order valence-electron chi connectivity index (χ4n) is 2.23. The molecule has 3 heteroatoms. The monoisotopic (exact) mass is 213 g/mol. The number of aliphatic carboxylic acids is 1. The Hall–Kier alpha value is -0.570. The molecule has 1 aliphatic carbocycles. The van der Waals surface area contributed by atoms with Crippen molar-refractivity contribution in [3.05, 3.63) is 0 Å². The highest BCUT2D eigenvalue weighted by atomic mass is 16.4. The Bertz CT molecular complexity index is 208. The lowest BCUT2D eigenvalue weighted by atomic mass is 9.77. The minimum atomic E-state index is -0.662. The average molecular weight is 213 g/mol. The number of nitrogens with one attached hydrogen (secondary N) is 1. The number of hydrogen-bond acceptors (Lipinski definition) is 2. The summed E-state index contributed by atoms with van der Waals surface area (Å²) in [6, 6.07) is 0. The summed E-state index contributed by atoms with van der Waals surface area (Å²) in [5, 5.41) is 12.6. The first-order valence-corrected chi connectivity index (χ1v) is 6.09. The predicted molar refractivity (Wildman–Crippen MR) is 60.9 cm³/mol. The zero-order chi connectivity index (χ0) is 11.3. The highest BCUT2D eigenvalue weighted by Crippen LogP contribution is 2.32. The third-order valence-corrected chi connectivity index (χ3v) is 3.53. The van der Waals surface area contributed by atoms with Gasteiger partial charge in [0.25, 0.3) is 0 Å². The second-order valence-electron chi connectivity index (χ2n) is 4.85. The Morgan fingerprint density at radius 3 is 2.53 bits per heavy atom. The summed E-state index contributed by atoms with van der Waals surface area (Å²) in [7, 11) is 0. The molecule has 88 valence electrons. The van der Waals surface area contributed by atoms with Gasteiger partial charge in [0.1, 0.15) is 5.54 Å². The number of carboxylic acid groups (broad SMARTS) is 1. The van der Waals surface area contributed by atoms with Gasteiger partial charge >= 0.3 is 5.97 Å². The first-order valence-electron chi connectivity index (χ1n) is 6.09. The first-order chi connectivity index (χ1) is 7.10. The summed E-state index contributed by atoms with van der Waals surface area (Å²) in [5.74, 6) is 0.0240. The van der Waals surface area contributed by atoms with Crippen LogP contribution < -0.4 is 5.32 Å². The van der Waals surface area contributed by atoms with Crippen LogP contribution in [0.3, 0.4) is 0 Å². The number of rotatable bonds is 5. The lowest BCUT2D eigenvalue weighted by molar-refractivity contribution is -0.146. The van der Waals surface area contributed by atoms with Crippen molar-refractivity contribution in [3.63, 3.8) is 0 Å². The standard InChI is InChI=1S/C12H23NO2/c1-3-4-9-13-12(11(14)15)7-5-10(2)6-8-12/h10,13H,3-9H2,1-2H3,(H,14,15). The van der Waals surface area contributed by atoms with Crippen LogP contribution in [0, 0.1) is 5.92 Å². The molecule has 1 rings (SSSR count). The van der Waals surface area contributed by atoms with Gasteiger partial charge in [-0.2, -0.15) is 0 Å². The highest BCUT2D eigenvalue weighted by molar-refractivity contribution is 5.78. The highest BCUT2D eigenvalue weighted by Gasteiger charge is 2.40. The number of hydrogen-bond donors (Lipinski definition) is 2. The molecule has 0 spiro atoms. The number of carboxylic acids is 1. The van der Waals surface area contributed by atoms with Gasteiger partial charge in [-0.25, -0.2) is 0 Å². The van der Waals surface area contributed by atoms with E-state index in [4.69, 9.17) is 0 Å². The Morgan fingerprint density at radius 2 is 2.07 bits per heavy atom. The second-order valence-corrected chi connectivity index (χ2v) is 4.85. The van der Waals surface area contributed by atoms with Gasteiger partial charge in [-0.1, -0.05) is 20.3 Å². The van der Waals surface area contributed by atoms with E-state index in [-0.39, 0.29) is 0 Å². The van der Waals surface area contributed by atoms with Gasteiger partial charge in [-0.05, 0) is 44.6 Å². The molecule has 0 aromatic carbocycles. The Labute approximate surface area is 92.3 Å². The largest absolute Gasteiger partial charge is 0.480 e. The van der Waals surface area contributed by atoms with E-state index >= 15 is 0 Å². The van der Waals surface area contributed by atoms with Gasteiger partial charge < -0.3 is 10.4 Å². The van der Waals surface area contributed by atoms with Gasteiger partial charge in [-0.3, -0.25) is 4.79 Å². The summed E-state index contributed by atoms with van der Waals surface area (Å²) in [6.07, 6.45) is 5.81. The summed E-state index contributed by atoms with van der Waals surface area (Å²) < 4.78 is 0. The molecule has 0 heterocycles. The van der Waals surface area contributed by atoms with E-state index in [0.717, 1.165) is 45.1 Å². The zero-order valence-electron chi connectivity index (χ0n) is 9.88. The summed E-state index contributed by atoms with van der Waals surface area (Å²) in [4.78, 5) is 11.3. The fourth-order valence-corrected chi connectivity index (χ4v) is 2.23. The van der Waals surface area contributed by atoms with Crippen molar-refractivity contribution in [1.29, 1.82) is 0 Å². The number of carbonyl (C=O) groups is 1. The van der Waals surface area contributed by atoms with Crippen molar-refractivity contribution < 1.29 is 9.90 Å². The zero-order valence-corrected chi connectivity index (χ0v) is 9.88. The minimum Gasteiger partial charge on any atom is -0.480 e. The lowest BCUT2D eigenvalue weighted by Crippen LogP contribution is -2.54. The Balaban J connectivity index is 2.51. The Kier molecular flexibility index (Phi) is 4.58. The molecule has 15 heavy (non-hydrogen) atoms. The van der Waals surface area contributed by atoms with Crippen LogP contribution in [-0.2, 0) is 4.79 Å². The normalized spacial score (nSPS) is 31.5. The topological polar surface area (TPSA) is 49.3 Å². The van der Waals surface area contributed by atoms with Crippen LogP contribution in [0.5, 0.6) is 0 Å². The van der Waals surface area contributed by atoms with Crippen LogP contribution in [0.2, 0.25) is 0 Å². The van der Waals surface area contributed by atoms with E-state index in [1.54, 1.807) is 0 Å². The molecule has 0 unspecified atom stereocenters. The van der Waals surface area contributed by atoms with E-state index in [2.05, 4.69) is 19.2 Å². The van der Waals surface area contributed by atoms with Crippen LogP contribution in [0.15, 0.2) is 0 Å². The van der Waals surface area contributed by atoms with E-state index in [1.807, 2.05) is 0 Å². The molecule has 0 bridgehead atoms. The molecular weight excluding hydrogens is 190 g/mol. The SMILES string of the molecule is CCCCNC1(C(=O)O)CCC(C)CC1. The van der Waals surface area contributed by atoms with Crippen molar-refractivity contribution in [2.45, 2.75) is 57.9 Å². The molecule has 1 saturated carbocycles. The molecule has 0 aromatic rings. The lowest BCUT2D eigenvalue weighted by Gasteiger charge is -2.36. The summed E-state index contributed by atoms with van der Waals surface area (Å²) in [6.45, 7) is 5.16. The molecule has 0 aromatic heterocycles. The van der Waals surface area contributed by atoms with Crippen LogP contribution in [-0.4, -0.2) is 23.2 Å². The maximum Gasteiger partial charge on any atom is 0.323 e. The number of unbranched alkanes of at least 4 members (excludes halogenated alkanes) is 1. The van der Waals surface area contributed by atoms with Crippen LogP contribution in [0.4, 0.5) is 0 Å². The molecule has 0 saturated heterocycles. The summed E-state index contributed by atoms with van der Waals surface area (Å²) in [5.41, 5.74) is -0.623.